The predicted octanol–water partition coefficient (Wildman–Crippen LogP) is 0.895. The van der Waals surface area contributed by atoms with Gasteiger partial charge in [-0.1, -0.05) is 18.2 Å². The number of carbonyl (C=O) groups is 2. The molecule has 1 aliphatic heterocycles. The standard InChI is InChI=1S/C14H16N2O2/c17-13(16-8-11-6-12(11)9-16)7-15-14(18)10-4-2-1-3-5-10/h1-5,11-12H,6-9H2,(H,15,18). The summed E-state index contributed by atoms with van der Waals surface area (Å²) in [5.41, 5.74) is 0.592. The molecule has 2 unspecified atom stereocenters. The molecule has 1 aromatic rings. The highest BCUT2D eigenvalue weighted by Crippen LogP contribution is 2.44. The first kappa shape index (κ1) is 11.3. The number of hydrogen-bond acceptors (Lipinski definition) is 2. The molecule has 2 atom stereocenters. The van der Waals surface area contributed by atoms with E-state index in [1.165, 1.54) is 6.42 Å². The number of carbonyl (C=O) groups excluding carboxylic acids is 2. The molecule has 2 fully saturated rings. The first-order chi connectivity index (χ1) is 8.74. The Balaban J connectivity index is 1.49. The average Bonchev–Trinajstić information content (AvgIpc) is 3.03. The van der Waals surface area contributed by atoms with Gasteiger partial charge in [0.2, 0.25) is 5.91 Å². The maximum absolute atomic E-state index is 11.9. The summed E-state index contributed by atoms with van der Waals surface area (Å²) >= 11 is 0. The quantitative estimate of drug-likeness (QED) is 0.858. The third kappa shape index (κ3) is 2.23. The molecule has 0 bridgehead atoms. The van der Waals surface area contributed by atoms with Gasteiger partial charge in [0, 0.05) is 18.7 Å². The van der Waals surface area contributed by atoms with Gasteiger partial charge < -0.3 is 10.2 Å². The summed E-state index contributed by atoms with van der Waals surface area (Å²) in [4.78, 5) is 25.5. The van der Waals surface area contributed by atoms with Crippen molar-refractivity contribution >= 4 is 11.8 Å². The Hall–Kier alpha value is -1.84. The molecule has 4 heteroatoms. The van der Waals surface area contributed by atoms with E-state index in [2.05, 4.69) is 5.32 Å². The average molecular weight is 244 g/mol. The first-order valence-corrected chi connectivity index (χ1v) is 6.35. The molecule has 3 rings (SSSR count). The fraction of sp³-hybridized carbons (Fsp3) is 0.429. The van der Waals surface area contributed by atoms with Crippen molar-refractivity contribution in [2.75, 3.05) is 19.6 Å². The van der Waals surface area contributed by atoms with Gasteiger partial charge in [-0.3, -0.25) is 9.59 Å². The summed E-state index contributed by atoms with van der Waals surface area (Å²) in [6, 6.07) is 8.96. The monoisotopic (exact) mass is 244 g/mol. The summed E-state index contributed by atoms with van der Waals surface area (Å²) in [6.07, 6.45) is 1.28. The number of nitrogens with zero attached hydrogens (tertiary/aromatic N) is 1. The highest BCUT2D eigenvalue weighted by atomic mass is 16.2. The van der Waals surface area contributed by atoms with Crippen LogP contribution in [0.2, 0.25) is 0 Å². The Bertz CT molecular complexity index is 462. The smallest absolute Gasteiger partial charge is 0.251 e. The molecule has 94 valence electrons. The summed E-state index contributed by atoms with van der Waals surface area (Å²) in [7, 11) is 0. The van der Waals surface area contributed by atoms with Crippen molar-refractivity contribution in [1.82, 2.24) is 10.2 Å². The Morgan fingerprint density at radius 3 is 2.50 bits per heavy atom. The Labute approximate surface area is 106 Å². The Morgan fingerprint density at radius 2 is 1.83 bits per heavy atom. The number of rotatable bonds is 3. The normalized spacial score (nSPS) is 24.6. The maximum atomic E-state index is 11.9. The van der Waals surface area contributed by atoms with E-state index < -0.39 is 0 Å². The number of fused-ring (bicyclic) bond motifs is 1. The number of benzene rings is 1. The number of hydrogen-bond donors (Lipinski definition) is 1. The molecule has 2 aliphatic rings. The van der Waals surface area contributed by atoms with Crippen molar-refractivity contribution in [3.05, 3.63) is 35.9 Å². The van der Waals surface area contributed by atoms with Gasteiger partial charge in [-0.25, -0.2) is 0 Å². The van der Waals surface area contributed by atoms with Crippen LogP contribution in [0.5, 0.6) is 0 Å². The van der Waals surface area contributed by atoms with Gasteiger partial charge in [-0.2, -0.15) is 0 Å². The molecule has 1 aromatic carbocycles. The molecule has 0 spiro atoms. The third-order valence-corrected chi connectivity index (χ3v) is 3.77. The second kappa shape index (κ2) is 4.44. The number of amides is 2. The molecule has 0 radical (unpaired) electrons. The van der Waals surface area contributed by atoms with Gasteiger partial charge in [-0.15, -0.1) is 0 Å². The van der Waals surface area contributed by atoms with Crippen LogP contribution in [0.4, 0.5) is 0 Å². The molecule has 1 aliphatic carbocycles. The van der Waals surface area contributed by atoms with E-state index in [1.807, 2.05) is 23.1 Å². The number of nitrogens with one attached hydrogen (secondary N) is 1. The van der Waals surface area contributed by atoms with Crippen LogP contribution < -0.4 is 5.32 Å². The van der Waals surface area contributed by atoms with Crippen LogP contribution >= 0.6 is 0 Å². The molecule has 1 saturated heterocycles. The second-order valence-corrected chi connectivity index (χ2v) is 5.10. The van der Waals surface area contributed by atoms with Gasteiger partial charge in [0.1, 0.15) is 0 Å². The highest BCUT2D eigenvalue weighted by molar-refractivity contribution is 5.96. The van der Waals surface area contributed by atoms with E-state index in [9.17, 15) is 9.59 Å². The minimum Gasteiger partial charge on any atom is -0.343 e. The summed E-state index contributed by atoms with van der Waals surface area (Å²) in [5.74, 6) is 1.32. The highest BCUT2D eigenvalue weighted by Gasteiger charge is 2.46. The van der Waals surface area contributed by atoms with Crippen LogP contribution in [0.15, 0.2) is 30.3 Å². The molecule has 2 amide bonds. The minimum atomic E-state index is -0.187. The number of likely N-dealkylation sites (tertiary alicyclic amines) is 1. The summed E-state index contributed by atoms with van der Waals surface area (Å²) in [6.45, 7) is 1.86. The zero-order valence-corrected chi connectivity index (χ0v) is 10.1. The Morgan fingerprint density at radius 1 is 1.17 bits per heavy atom. The lowest BCUT2D eigenvalue weighted by atomic mass is 10.2. The van der Waals surface area contributed by atoms with Gasteiger partial charge in [0.15, 0.2) is 0 Å². The molecule has 18 heavy (non-hydrogen) atoms. The molecule has 1 saturated carbocycles. The lowest BCUT2D eigenvalue weighted by Gasteiger charge is -2.18. The topological polar surface area (TPSA) is 49.4 Å². The predicted molar refractivity (Wildman–Crippen MR) is 67.0 cm³/mol. The van der Waals surface area contributed by atoms with Crippen molar-refractivity contribution in [3.8, 4) is 0 Å². The lowest BCUT2D eigenvalue weighted by Crippen LogP contribution is -2.39. The molecule has 1 heterocycles. The van der Waals surface area contributed by atoms with E-state index in [4.69, 9.17) is 0 Å². The largest absolute Gasteiger partial charge is 0.343 e. The van der Waals surface area contributed by atoms with Crippen molar-refractivity contribution in [2.45, 2.75) is 6.42 Å². The summed E-state index contributed by atoms with van der Waals surface area (Å²) < 4.78 is 0. The lowest BCUT2D eigenvalue weighted by molar-refractivity contribution is -0.129. The van der Waals surface area contributed by atoms with Crippen LogP contribution in [-0.4, -0.2) is 36.3 Å². The minimum absolute atomic E-state index is 0.0338. The fourth-order valence-electron chi connectivity index (χ4n) is 2.56. The zero-order chi connectivity index (χ0) is 12.5. The zero-order valence-electron chi connectivity index (χ0n) is 10.1. The van der Waals surface area contributed by atoms with Crippen molar-refractivity contribution in [1.29, 1.82) is 0 Å². The van der Waals surface area contributed by atoms with E-state index in [-0.39, 0.29) is 18.4 Å². The van der Waals surface area contributed by atoms with Crippen molar-refractivity contribution in [2.24, 2.45) is 11.8 Å². The first-order valence-electron chi connectivity index (χ1n) is 6.35. The Kier molecular flexibility index (Phi) is 2.78. The second-order valence-electron chi connectivity index (χ2n) is 5.10. The van der Waals surface area contributed by atoms with E-state index >= 15 is 0 Å². The van der Waals surface area contributed by atoms with Gasteiger partial charge in [0.05, 0.1) is 6.54 Å². The van der Waals surface area contributed by atoms with Crippen LogP contribution in [0, 0.1) is 11.8 Å². The summed E-state index contributed by atoms with van der Waals surface area (Å²) in [5, 5.41) is 2.68. The van der Waals surface area contributed by atoms with Crippen LogP contribution in [0.25, 0.3) is 0 Å². The van der Waals surface area contributed by atoms with Crippen molar-refractivity contribution in [3.63, 3.8) is 0 Å². The van der Waals surface area contributed by atoms with E-state index in [1.54, 1.807) is 12.1 Å². The van der Waals surface area contributed by atoms with Gasteiger partial charge in [-0.05, 0) is 30.4 Å². The molecular formula is C14H16N2O2. The third-order valence-electron chi connectivity index (χ3n) is 3.77. The van der Waals surface area contributed by atoms with Crippen LogP contribution in [0.3, 0.4) is 0 Å². The maximum Gasteiger partial charge on any atom is 0.251 e. The van der Waals surface area contributed by atoms with Crippen molar-refractivity contribution < 1.29 is 9.59 Å². The van der Waals surface area contributed by atoms with Crippen LogP contribution in [-0.2, 0) is 4.79 Å². The number of piperidine rings is 1. The molecular weight excluding hydrogens is 228 g/mol. The fourth-order valence-corrected chi connectivity index (χ4v) is 2.56. The van der Waals surface area contributed by atoms with Crippen LogP contribution in [0.1, 0.15) is 16.8 Å². The molecule has 1 N–H and O–H groups in total. The van der Waals surface area contributed by atoms with E-state index in [0.29, 0.717) is 5.56 Å². The molecule has 0 aromatic heterocycles. The van der Waals surface area contributed by atoms with Gasteiger partial charge >= 0.3 is 0 Å². The van der Waals surface area contributed by atoms with E-state index in [0.717, 1.165) is 24.9 Å². The molecule has 4 nitrogen and oxygen atoms in total. The SMILES string of the molecule is O=C(NCC(=O)N1CC2CC2C1)c1ccccc1. The van der Waals surface area contributed by atoms with Gasteiger partial charge in [0.25, 0.3) is 5.91 Å².